The minimum Gasteiger partial charge on any atom is -0.454 e. The minimum absolute atomic E-state index is 0.862. The Labute approximate surface area is 330 Å². The van der Waals surface area contributed by atoms with E-state index in [1.54, 1.807) is 0 Å². The van der Waals surface area contributed by atoms with E-state index in [1.165, 1.54) is 73.6 Å². The van der Waals surface area contributed by atoms with Crippen LogP contribution in [0.15, 0.2) is 180 Å². The molecule has 0 bridgehead atoms. The van der Waals surface area contributed by atoms with Gasteiger partial charge < -0.3 is 18.1 Å². The third-order valence-electron chi connectivity index (χ3n) is 11.7. The number of aromatic nitrogens is 3. The van der Waals surface area contributed by atoms with Crippen molar-refractivity contribution in [2.45, 2.75) is 33.1 Å². The molecule has 0 radical (unpaired) electrons. The zero-order valence-electron chi connectivity index (χ0n) is 32.1. The van der Waals surface area contributed by atoms with Gasteiger partial charge in [-0.05, 0) is 66.7 Å². The fraction of sp³-hybridized carbons (Fsp3) is 0.0943. The van der Waals surface area contributed by atoms with Gasteiger partial charge >= 0.3 is 0 Å². The van der Waals surface area contributed by atoms with Crippen molar-refractivity contribution in [1.29, 1.82) is 0 Å². The Morgan fingerprint density at radius 2 is 0.719 bits per heavy atom. The van der Waals surface area contributed by atoms with Gasteiger partial charge in [-0.2, -0.15) is 0 Å². The second-order valence-corrected chi connectivity index (χ2v) is 15.1. The van der Waals surface area contributed by atoms with Crippen molar-refractivity contribution < 1.29 is 4.42 Å². The molecule has 4 aromatic heterocycles. The molecular formula is C53H41N3O. The Kier molecular flexibility index (Phi) is 7.78. The second-order valence-electron chi connectivity index (χ2n) is 15.1. The van der Waals surface area contributed by atoms with Gasteiger partial charge in [0.25, 0.3) is 0 Å². The van der Waals surface area contributed by atoms with Gasteiger partial charge in [0.2, 0.25) is 0 Å². The number of furan rings is 1. The molecule has 0 spiro atoms. The summed E-state index contributed by atoms with van der Waals surface area (Å²) in [5, 5.41) is 9.57. The zero-order chi connectivity index (χ0) is 38.0. The minimum atomic E-state index is 0.862. The lowest BCUT2D eigenvalue weighted by Gasteiger charge is -2.14. The maximum atomic E-state index is 6.96. The van der Waals surface area contributed by atoms with Crippen LogP contribution in [0.2, 0.25) is 0 Å². The zero-order valence-corrected chi connectivity index (χ0v) is 32.1. The smallest absolute Gasteiger partial charge is 0.159 e. The highest BCUT2D eigenvalue weighted by atomic mass is 16.3. The lowest BCUT2D eigenvalue weighted by molar-refractivity contribution is 0.666. The number of para-hydroxylation sites is 6. The van der Waals surface area contributed by atoms with E-state index in [2.05, 4.69) is 203 Å². The van der Waals surface area contributed by atoms with Crippen molar-refractivity contribution in [3.63, 3.8) is 0 Å². The van der Waals surface area contributed by atoms with Gasteiger partial charge in [-0.1, -0.05) is 142 Å². The quantitative estimate of drug-likeness (QED) is 0.173. The summed E-state index contributed by atoms with van der Waals surface area (Å²) in [5.74, 6) is 0. The average molecular weight is 736 g/mol. The average Bonchev–Trinajstić information content (AvgIpc) is 4.00. The standard InChI is InChI=1S/C48H29N3O.C5H12/c1-7-19-40-32(13-1)33-14-2-8-20-41(33)49(40)30-25-26-47-38(27-30)39-28-31(50-42-21-9-3-15-34(42)35-16-4-10-22-43(35)50)29-46(48(39)52-47)51-44-23-11-5-17-36(44)37-18-6-12-24-45(37)51;1-3-5-4-2/h1-29H;3-5H2,1-2H3. The van der Waals surface area contributed by atoms with E-state index >= 15 is 0 Å². The monoisotopic (exact) mass is 735 g/mol. The lowest BCUT2D eigenvalue weighted by atomic mass is 10.1. The van der Waals surface area contributed by atoms with Gasteiger partial charge in [0.15, 0.2) is 5.58 Å². The van der Waals surface area contributed by atoms with Crippen molar-refractivity contribution in [1.82, 2.24) is 13.7 Å². The van der Waals surface area contributed by atoms with Crippen LogP contribution in [-0.4, -0.2) is 13.7 Å². The fourth-order valence-electron chi connectivity index (χ4n) is 9.20. The van der Waals surface area contributed by atoms with Gasteiger partial charge in [0.05, 0.1) is 38.8 Å². The van der Waals surface area contributed by atoms with Crippen LogP contribution in [0.1, 0.15) is 33.1 Å². The lowest BCUT2D eigenvalue weighted by Crippen LogP contribution is -1.99. The highest BCUT2D eigenvalue weighted by Gasteiger charge is 2.22. The first-order chi connectivity index (χ1) is 28.2. The van der Waals surface area contributed by atoms with E-state index in [4.69, 9.17) is 4.42 Å². The number of hydrogen-bond acceptors (Lipinski definition) is 1. The molecule has 0 aliphatic rings. The molecule has 12 rings (SSSR count). The van der Waals surface area contributed by atoms with Crippen LogP contribution in [0.5, 0.6) is 0 Å². The summed E-state index contributed by atoms with van der Waals surface area (Å²) in [5.41, 5.74) is 12.0. The number of benzene rings is 8. The second kappa shape index (κ2) is 13.3. The van der Waals surface area contributed by atoms with Crippen LogP contribution in [-0.2, 0) is 0 Å². The van der Waals surface area contributed by atoms with Gasteiger partial charge in [-0.3, -0.25) is 0 Å². The molecule has 0 N–H and O–H groups in total. The highest BCUT2D eigenvalue weighted by Crippen LogP contribution is 2.42. The van der Waals surface area contributed by atoms with Crippen LogP contribution in [0, 0.1) is 0 Å². The number of unbranched alkanes of at least 4 members (excludes halogenated alkanes) is 2. The van der Waals surface area contributed by atoms with E-state index in [0.717, 1.165) is 50.0 Å². The topological polar surface area (TPSA) is 27.9 Å². The Balaban J connectivity index is 0.000000708. The molecule has 12 aromatic rings. The number of nitrogens with zero attached hydrogens (tertiary/aromatic N) is 3. The first kappa shape index (κ1) is 33.3. The molecule has 0 fully saturated rings. The molecule has 4 heterocycles. The Bertz CT molecular complexity index is 3320. The van der Waals surface area contributed by atoms with Crippen molar-refractivity contribution >= 4 is 87.4 Å². The molecule has 8 aromatic carbocycles. The maximum Gasteiger partial charge on any atom is 0.159 e. The molecule has 4 nitrogen and oxygen atoms in total. The van der Waals surface area contributed by atoms with Crippen LogP contribution in [0.25, 0.3) is 104 Å². The van der Waals surface area contributed by atoms with Gasteiger partial charge in [0, 0.05) is 54.5 Å². The predicted molar refractivity (Wildman–Crippen MR) is 242 cm³/mol. The molecule has 4 heteroatoms. The molecule has 274 valence electrons. The summed E-state index contributed by atoms with van der Waals surface area (Å²) in [6, 6.07) is 63.5. The summed E-state index contributed by atoms with van der Waals surface area (Å²) in [6.07, 6.45) is 4.08. The Morgan fingerprint density at radius 3 is 1.12 bits per heavy atom. The molecule has 0 amide bonds. The maximum absolute atomic E-state index is 6.96. The van der Waals surface area contributed by atoms with E-state index in [-0.39, 0.29) is 0 Å². The summed E-state index contributed by atoms with van der Waals surface area (Å²) >= 11 is 0. The van der Waals surface area contributed by atoms with Gasteiger partial charge in [-0.25, -0.2) is 0 Å². The molecule has 0 aliphatic heterocycles. The first-order valence-electron chi connectivity index (χ1n) is 20.2. The van der Waals surface area contributed by atoms with E-state index in [0.29, 0.717) is 0 Å². The summed E-state index contributed by atoms with van der Waals surface area (Å²) in [4.78, 5) is 0. The van der Waals surface area contributed by atoms with Crippen LogP contribution >= 0.6 is 0 Å². The van der Waals surface area contributed by atoms with Gasteiger partial charge in [-0.15, -0.1) is 0 Å². The van der Waals surface area contributed by atoms with Gasteiger partial charge in [0.1, 0.15) is 5.58 Å². The molecule has 0 unspecified atom stereocenters. The van der Waals surface area contributed by atoms with Crippen molar-refractivity contribution in [2.75, 3.05) is 0 Å². The third-order valence-corrected chi connectivity index (χ3v) is 11.7. The molecule has 0 aliphatic carbocycles. The number of fused-ring (bicyclic) bond motifs is 12. The summed E-state index contributed by atoms with van der Waals surface area (Å²) < 4.78 is 14.1. The molecule has 0 saturated carbocycles. The first-order valence-corrected chi connectivity index (χ1v) is 20.2. The summed E-state index contributed by atoms with van der Waals surface area (Å²) in [7, 11) is 0. The SMILES string of the molecule is CCCCC.c1ccc2c(c1)c1ccccc1n2-c1ccc2oc3c(-n4c5ccccc5c5ccccc54)cc(-n4c5ccccc5c5ccccc54)cc3c2c1. The van der Waals surface area contributed by atoms with E-state index < -0.39 is 0 Å². The molecular weight excluding hydrogens is 695 g/mol. The summed E-state index contributed by atoms with van der Waals surface area (Å²) in [6.45, 7) is 4.42. The Hall–Kier alpha value is -7.04. The number of rotatable bonds is 5. The van der Waals surface area contributed by atoms with Crippen molar-refractivity contribution in [3.05, 3.63) is 176 Å². The van der Waals surface area contributed by atoms with Crippen LogP contribution in [0.3, 0.4) is 0 Å². The van der Waals surface area contributed by atoms with Crippen LogP contribution in [0.4, 0.5) is 0 Å². The largest absolute Gasteiger partial charge is 0.454 e. The predicted octanol–water partition coefficient (Wildman–Crippen LogP) is 15.1. The normalized spacial score (nSPS) is 11.9. The molecule has 0 atom stereocenters. The molecule has 57 heavy (non-hydrogen) atoms. The fourth-order valence-corrected chi connectivity index (χ4v) is 9.20. The number of hydrogen-bond donors (Lipinski definition) is 0. The molecule has 0 saturated heterocycles. The highest BCUT2D eigenvalue weighted by molar-refractivity contribution is 6.15. The van der Waals surface area contributed by atoms with E-state index in [9.17, 15) is 0 Å². The van der Waals surface area contributed by atoms with Crippen molar-refractivity contribution in [3.8, 4) is 17.1 Å². The van der Waals surface area contributed by atoms with Crippen LogP contribution < -0.4 is 0 Å². The van der Waals surface area contributed by atoms with Crippen molar-refractivity contribution in [2.24, 2.45) is 0 Å². The van der Waals surface area contributed by atoms with E-state index in [1.807, 2.05) is 0 Å². The Morgan fingerprint density at radius 1 is 0.351 bits per heavy atom. The third kappa shape index (κ3) is 5.07.